The van der Waals surface area contributed by atoms with Crippen molar-refractivity contribution < 1.29 is 33.8 Å². The third kappa shape index (κ3) is 21.5. The van der Waals surface area contributed by atoms with Gasteiger partial charge in [-0.3, -0.25) is 19.2 Å². The van der Waals surface area contributed by atoms with Crippen LogP contribution in [0.5, 0.6) is 0 Å². The number of benzene rings is 4. The highest BCUT2D eigenvalue weighted by Gasteiger charge is 2.26. The number of aryl methyl sites for hydroxylation is 4. The average Bonchev–Trinajstić information content (AvgIpc) is 1.69. The van der Waals surface area contributed by atoms with E-state index in [4.69, 9.17) is 30.3 Å². The van der Waals surface area contributed by atoms with E-state index in [0.29, 0.717) is 32.6 Å². The summed E-state index contributed by atoms with van der Waals surface area (Å²) in [7, 11) is 4.43. The molecule has 0 unspecified atom stereocenters. The van der Waals surface area contributed by atoms with Gasteiger partial charge in [0.15, 0.2) is 11.3 Å². The van der Waals surface area contributed by atoms with Crippen LogP contribution in [0.2, 0.25) is 0 Å². The summed E-state index contributed by atoms with van der Waals surface area (Å²) < 4.78 is 14.8. The molecule has 4 aromatic heterocycles. The standard InChI is InChI=1S/C40H53N7O3.C20H29N5O4.C20H26N2/c1-4-36-34(39(44-33-16-20-50-21-17-33)35-27-43-47(5-2)40(35)45-36)26-42-38(49)13-12-37(48)41-25-30-9-7-11-32(24-30)31-10-6-8-29(23-31)22-28-14-18-46(3)19-15-28;1-3-16-14(11-21-17(26)5-6-18(27)28)19(23-13-7-9-29-10-8-13)15-12-22-25(4-2)20(15)24-16;1-22-10-8-16(9-11-22)12-17-4-2-6-19(13-17)20-7-3-5-18(14-20)15-21/h6-11,23-24,27-28,33H,4-5,12-22,25-26H2,1-3H3,(H,41,48)(H,42,49)(H,44,45);12-13H,3-11H2,1-2H3,(H,21,26)(H,23,24)(H,27,28);2-7,13-14,16H,8-12,15,21H2,1H3. The molecule has 4 aliphatic rings. The van der Waals surface area contributed by atoms with Crippen LogP contribution in [0.15, 0.2) is 109 Å². The molecule has 12 rings (SSSR count). The second-order valence-corrected chi connectivity index (χ2v) is 27.6. The molecule has 0 spiro atoms. The maximum Gasteiger partial charge on any atom is 0.303 e. The number of likely N-dealkylation sites (tertiary alicyclic amines) is 2. The molecule has 4 aromatic carbocycles. The van der Waals surface area contributed by atoms with Crippen LogP contribution >= 0.6 is 0 Å². The number of aromatic nitrogens is 6. The molecule has 101 heavy (non-hydrogen) atoms. The average molecular weight is 1380 g/mol. The summed E-state index contributed by atoms with van der Waals surface area (Å²) >= 11 is 0. The monoisotopic (exact) mass is 1380 g/mol. The lowest BCUT2D eigenvalue weighted by molar-refractivity contribution is -0.138. The van der Waals surface area contributed by atoms with Crippen LogP contribution in [0.4, 0.5) is 11.4 Å². The van der Waals surface area contributed by atoms with Crippen molar-refractivity contribution in [3.63, 3.8) is 0 Å². The van der Waals surface area contributed by atoms with Crippen LogP contribution < -0.4 is 32.3 Å². The third-order valence-corrected chi connectivity index (χ3v) is 20.2. The lowest BCUT2D eigenvalue weighted by atomic mass is 9.89. The predicted molar refractivity (Wildman–Crippen MR) is 401 cm³/mol. The maximum atomic E-state index is 13.0. The van der Waals surface area contributed by atoms with Crippen molar-refractivity contribution in [1.29, 1.82) is 0 Å². The number of carbonyl (C=O) groups excluding carboxylic acids is 3. The van der Waals surface area contributed by atoms with Crippen molar-refractivity contribution in [3.05, 3.63) is 154 Å². The molecule has 0 saturated carbocycles. The van der Waals surface area contributed by atoms with E-state index in [1.54, 1.807) is 0 Å². The second kappa shape index (κ2) is 37.9. The molecule has 4 fully saturated rings. The van der Waals surface area contributed by atoms with Gasteiger partial charge >= 0.3 is 5.97 Å². The molecule has 21 nitrogen and oxygen atoms in total. The minimum Gasteiger partial charge on any atom is -0.481 e. The topological polar surface area (TPSA) is 261 Å². The van der Waals surface area contributed by atoms with Crippen LogP contribution in [0.3, 0.4) is 0 Å². The van der Waals surface area contributed by atoms with Crippen molar-refractivity contribution in [2.75, 3.05) is 77.3 Å². The van der Waals surface area contributed by atoms with E-state index in [0.717, 1.165) is 157 Å². The Bertz CT molecular complexity index is 4010. The van der Waals surface area contributed by atoms with Gasteiger partial charge in [-0.15, -0.1) is 0 Å². The number of nitrogens with zero attached hydrogens (tertiary/aromatic N) is 8. The minimum atomic E-state index is -0.980. The number of pyridine rings is 2. The lowest BCUT2D eigenvalue weighted by Crippen LogP contribution is -2.30. The van der Waals surface area contributed by atoms with Gasteiger partial charge in [0.25, 0.3) is 0 Å². The van der Waals surface area contributed by atoms with Gasteiger partial charge in [0.05, 0.1) is 41.0 Å². The lowest BCUT2D eigenvalue weighted by Gasteiger charge is -2.29. The Labute approximate surface area is 596 Å². The molecule has 4 saturated heterocycles. The highest BCUT2D eigenvalue weighted by atomic mass is 16.5. The fourth-order valence-electron chi connectivity index (χ4n) is 14.2. The first-order valence-electron chi connectivity index (χ1n) is 37.1. The number of piperidine rings is 2. The van der Waals surface area contributed by atoms with Crippen LogP contribution in [0.1, 0.15) is 150 Å². The van der Waals surface area contributed by atoms with Gasteiger partial charge in [0.1, 0.15) is 0 Å². The molecule has 8 N–H and O–H groups in total. The first kappa shape index (κ1) is 75.1. The van der Waals surface area contributed by atoms with Gasteiger partial charge in [-0.2, -0.15) is 10.2 Å². The van der Waals surface area contributed by atoms with E-state index in [2.05, 4.69) is 159 Å². The smallest absolute Gasteiger partial charge is 0.303 e. The summed E-state index contributed by atoms with van der Waals surface area (Å²) in [4.78, 5) is 63.3. The fraction of sp³-hybridized carbons (Fsp3) is 0.500. The number of nitrogens with one attached hydrogen (secondary N) is 5. The number of fused-ring (bicyclic) bond motifs is 2. The normalized spacial score (nSPS) is 15.9. The van der Waals surface area contributed by atoms with Gasteiger partial charge < -0.3 is 56.7 Å². The van der Waals surface area contributed by atoms with Crippen molar-refractivity contribution in [1.82, 2.24) is 55.3 Å². The molecular weight excluding hydrogens is 1270 g/mol. The Kier molecular flexibility index (Phi) is 28.2. The van der Waals surface area contributed by atoms with Gasteiger partial charge in [0, 0.05) is 120 Å². The Morgan fingerprint density at radius 2 is 0.861 bits per heavy atom. The molecule has 4 aliphatic heterocycles. The number of amides is 3. The van der Waals surface area contributed by atoms with Gasteiger partial charge in [-0.05, 0) is 200 Å². The van der Waals surface area contributed by atoms with Crippen molar-refractivity contribution in [3.8, 4) is 22.3 Å². The number of ether oxygens (including phenoxy) is 2. The number of nitrogens with two attached hydrogens (primary N) is 1. The zero-order chi connectivity index (χ0) is 71.0. The van der Waals surface area contributed by atoms with Crippen molar-refractivity contribution >= 4 is 57.1 Å². The zero-order valence-corrected chi connectivity index (χ0v) is 60.5. The van der Waals surface area contributed by atoms with Crippen LogP contribution in [-0.4, -0.2) is 147 Å². The molecule has 0 atom stereocenters. The molecule has 8 aromatic rings. The SMILES string of the molecule is CCc1nc2c(cnn2CC)c(NC2CCOCC2)c1CNC(=O)CCC(=O)NCc1cccc(-c2cccc(CC3CCN(C)CC3)c2)c1.CCc1nc2c(cnn2CC)c(NC2CCOCC2)c1CNC(=O)CCC(=O)O.CN1CCC(Cc2cccc(-c3cccc(CN)c3)c2)CC1. The molecule has 540 valence electrons. The Hall–Kier alpha value is -8.60. The molecule has 0 bridgehead atoms. The maximum absolute atomic E-state index is 13.0. The Morgan fingerprint density at radius 1 is 0.495 bits per heavy atom. The molecule has 21 heteroatoms. The summed E-state index contributed by atoms with van der Waals surface area (Å²) in [6.07, 6.45) is 16.3. The molecule has 0 radical (unpaired) electrons. The van der Waals surface area contributed by atoms with Gasteiger partial charge in [0.2, 0.25) is 17.7 Å². The van der Waals surface area contributed by atoms with E-state index in [9.17, 15) is 19.2 Å². The third-order valence-electron chi connectivity index (χ3n) is 20.2. The number of carbonyl (C=O) groups is 4. The van der Waals surface area contributed by atoms with E-state index in [1.165, 1.54) is 91.7 Å². The number of hydrogen-bond donors (Lipinski definition) is 7. The van der Waals surface area contributed by atoms with E-state index in [1.807, 2.05) is 47.7 Å². The zero-order valence-electron chi connectivity index (χ0n) is 60.5. The number of carboxylic acid groups (broad SMARTS) is 1. The first-order chi connectivity index (χ1) is 49.2. The van der Waals surface area contributed by atoms with Gasteiger partial charge in [-0.25, -0.2) is 19.3 Å². The number of rotatable bonds is 27. The molecule has 0 aliphatic carbocycles. The second-order valence-electron chi connectivity index (χ2n) is 27.6. The fourth-order valence-corrected chi connectivity index (χ4v) is 14.2. The number of anilines is 2. The molecular formula is C80H108N14O7. The van der Waals surface area contributed by atoms with Crippen LogP contribution in [-0.2, 0) is 93.6 Å². The summed E-state index contributed by atoms with van der Waals surface area (Å²) in [6, 6.07) is 35.4. The largest absolute Gasteiger partial charge is 0.481 e. The quantitative estimate of drug-likeness (QED) is 0.0252. The number of hydrogen-bond acceptors (Lipinski definition) is 15. The van der Waals surface area contributed by atoms with E-state index >= 15 is 0 Å². The summed E-state index contributed by atoms with van der Waals surface area (Å²) in [5.74, 6) is 0.0140. The number of aliphatic carboxylic acids is 1. The van der Waals surface area contributed by atoms with Crippen LogP contribution in [0.25, 0.3) is 44.3 Å². The molecule has 8 heterocycles. The first-order valence-corrected chi connectivity index (χ1v) is 37.1. The van der Waals surface area contributed by atoms with E-state index in [-0.39, 0.29) is 55.5 Å². The number of carboxylic acids is 1. The summed E-state index contributed by atoms with van der Waals surface area (Å²) in [6.45, 7) is 19.1. The highest BCUT2D eigenvalue weighted by molar-refractivity contribution is 5.93. The highest BCUT2D eigenvalue weighted by Crippen LogP contribution is 2.34. The Balaban J connectivity index is 0.000000181. The Morgan fingerprint density at radius 3 is 1.25 bits per heavy atom. The van der Waals surface area contributed by atoms with Crippen molar-refractivity contribution in [2.24, 2.45) is 17.6 Å². The van der Waals surface area contributed by atoms with Crippen molar-refractivity contribution in [2.45, 2.75) is 182 Å². The predicted octanol–water partition coefficient (Wildman–Crippen LogP) is 11.7. The minimum absolute atomic E-state index is 0.0387. The summed E-state index contributed by atoms with van der Waals surface area (Å²) in [5, 5.41) is 36.1. The van der Waals surface area contributed by atoms with Crippen LogP contribution in [0, 0.1) is 11.8 Å². The van der Waals surface area contributed by atoms with E-state index < -0.39 is 5.97 Å². The van der Waals surface area contributed by atoms with Gasteiger partial charge in [-0.1, -0.05) is 98.8 Å². The molecule has 3 amide bonds. The summed E-state index contributed by atoms with van der Waals surface area (Å²) in [5.41, 5.74) is 23.1.